The van der Waals surface area contributed by atoms with Crippen molar-refractivity contribution in [1.82, 2.24) is 10.3 Å². The van der Waals surface area contributed by atoms with Gasteiger partial charge in [0.25, 0.3) is 5.91 Å². The average molecular weight is 340 g/mol. The molecule has 6 heteroatoms. The van der Waals surface area contributed by atoms with Crippen LogP contribution in [-0.2, 0) is 6.54 Å². The van der Waals surface area contributed by atoms with Crippen molar-refractivity contribution in [2.45, 2.75) is 6.54 Å². The Kier molecular flexibility index (Phi) is 4.77. The van der Waals surface area contributed by atoms with Crippen molar-refractivity contribution in [3.63, 3.8) is 0 Å². The van der Waals surface area contributed by atoms with E-state index < -0.39 is 0 Å². The molecule has 122 valence electrons. The SMILES string of the molecule is COc1ccc(C(=O)NCc2nc(-c3ccc(O)cc3)cs2)cc1. The molecule has 0 fully saturated rings. The minimum atomic E-state index is -0.154. The average Bonchev–Trinajstić information content (AvgIpc) is 3.09. The summed E-state index contributed by atoms with van der Waals surface area (Å²) in [6.07, 6.45) is 0. The van der Waals surface area contributed by atoms with Crippen LogP contribution in [0.25, 0.3) is 11.3 Å². The number of carbonyl (C=O) groups is 1. The number of carbonyl (C=O) groups excluding carboxylic acids is 1. The Labute approximate surface area is 143 Å². The second-order valence-electron chi connectivity index (χ2n) is 5.08. The first kappa shape index (κ1) is 16.0. The fourth-order valence-corrected chi connectivity index (χ4v) is 2.90. The molecule has 5 nitrogen and oxygen atoms in total. The number of methoxy groups -OCH3 is 1. The van der Waals surface area contributed by atoms with Crippen molar-refractivity contribution in [3.05, 3.63) is 64.5 Å². The number of phenols is 1. The number of phenolic OH excluding ortho intramolecular Hbond substituents is 1. The van der Waals surface area contributed by atoms with Crippen LogP contribution in [0, 0.1) is 0 Å². The van der Waals surface area contributed by atoms with Gasteiger partial charge < -0.3 is 15.2 Å². The molecular weight excluding hydrogens is 324 g/mol. The maximum Gasteiger partial charge on any atom is 0.251 e. The quantitative estimate of drug-likeness (QED) is 0.746. The van der Waals surface area contributed by atoms with Gasteiger partial charge in [-0.2, -0.15) is 0 Å². The number of aromatic hydroxyl groups is 1. The molecular formula is C18H16N2O3S. The molecule has 0 bridgehead atoms. The molecule has 3 rings (SSSR count). The third-order valence-corrected chi connectivity index (χ3v) is 4.32. The highest BCUT2D eigenvalue weighted by molar-refractivity contribution is 7.09. The molecule has 1 aromatic heterocycles. The van der Waals surface area contributed by atoms with Gasteiger partial charge in [0.05, 0.1) is 19.3 Å². The molecule has 0 radical (unpaired) electrons. The van der Waals surface area contributed by atoms with E-state index >= 15 is 0 Å². The van der Waals surface area contributed by atoms with Crippen LogP contribution >= 0.6 is 11.3 Å². The highest BCUT2D eigenvalue weighted by Gasteiger charge is 2.08. The largest absolute Gasteiger partial charge is 0.508 e. The Morgan fingerprint density at radius 3 is 2.54 bits per heavy atom. The van der Waals surface area contributed by atoms with Gasteiger partial charge in [-0.3, -0.25) is 4.79 Å². The summed E-state index contributed by atoms with van der Waals surface area (Å²) in [5.74, 6) is 0.782. The van der Waals surface area contributed by atoms with Gasteiger partial charge in [0.15, 0.2) is 0 Å². The standard InChI is InChI=1S/C18H16N2O3S/c1-23-15-8-4-13(5-9-15)18(22)19-10-17-20-16(11-24-17)12-2-6-14(21)7-3-12/h2-9,11,21H,10H2,1H3,(H,19,22). The van der Waals surface area contributed by atoms with E-state index in [4.69, 9.17) is 4.74 Å². The molecule has 0 aliphatic carbocycles. The first-order chi connectivity index (χ1) is 11.7. The topological polar surface area (TPSA) is 71.5 Å². The fraction of sp³-hybridized carbons (Fsp3) is 0.111. The van der Waals surface area contributed by atoms with Gasteiger partial charge in [0.1, 0.15) is 16.5 Å². The van der Waals surface area contributed by atoms with Crippen molar-refractivity contribution < 1.29 is 14.6 Å². The van der Waals surface area contributed by atoms with E-state index in [1.165, 1.54) is 11.3 Å². The summed E-state index contributed by atoms with van der Waals surface area (Å²) in [6.45, 7) is 0.369. The lowest BCUT2D eigenvalue weighted by Crippen LogP contribution is -2.22. The van der Waals surface area contributed by atoms with Gasteiger partial charge in [0.2, 0.25) is 0 Å². The zero-order valence-electron chi connectivity index (χ0n) is 13.0. The minimum absolute atomic E-state index is 0.154. The number of amides is 1. The summed E-state index contributed by atoms with van der Waals surface area (Å²) >= 11 is 1.48. The van der Waals surface area contributed by atoms with Crippen LogP contribution < -0.4 is 10.1 Å². The van der Waals surface area contributed by atoms with Crippen LogP contribution in [0.5, 0.6) is 11.5 Å². The molecule has 0 unspecified atom stereocenters. The zero-order valence-corrected chi connectivity index (χ0v) is 13.8. The molecule has 3 aromatic rings. The summed E-state index contributed by atoms with van der Waals surface area (Å²) < 4.78 is 5.07. The second-order valence-corrected chi connectivity index (χ2v) is 6.03. The van der Waals surface area contributed by atoms with E-state index in [2.05, 4.69) is 10.3 Å². The lowest BCUT2D eigenvalue weighted by Gasteiger charge is -2.04. The number of ether oxygens (including phenoxy) is 1. The molecule has 1 heterocycles. The smallest absolute Gasteiger partial charge is 0.251 e. The highest BCUT2D eigenvalue weighted by atomic mass is 32.1. The zero-order chi connectivity index (χ0) is 16.9. The number of benzene rings is 2. The van der Waals surface area contributed by atoms with E-state index in [0.29, 0.717) is 17.9 Å². The Morgan fingerprint density at radius 1 is 1.17 bits per heavy atom. The molecule has 1 amide bonds. The summed E-state index contributed by atoms with van der Waals surface area (Å²) in [7, 11) is 1.59. The Hall–Kier alpha value is -2.86. The predicted molar refractivity (Wildman–Crippen MR) is 93.4 cm³/mol. The van der Waals surface area contributed by atoms with Crippen molar-refractivity contribution >= 4 is 17.2 Å². The molecule has 2 N–H and O–H groups in total. The normalized spacial score (nSPS) is 10.4. The fourth-order valence-electron chi connectivity index (χ4n) is 2.16. The lowest BCUT2D eigenvalue weighted by atomic mass is 10.2. The molecule has 0 spiro atoms. The van der Waals surface area contributed by atoms with Gasteiger partial charge in [-0.25, -0.2) is 4.98 Å². The van der Waals surface area contributed by atoms with E-state index in [0.717, 1.165) is 16.3 Å². The van der Waals surface area contributed by atoms with Crippen LogP contribution in [0.4, 0.5) is 0 Å². The van der Waals surface area contributed by atoms with Crippen LogP contribution in [0.3, 0.4) is 0 Å². The first-order valence-electron chi connectivity index (χ1n) is 7.32. The van der Waals surface area contributed by atoms with E-state index in [1.54, 1.807) is 43.5 Å². The van der Waals surface area contributed by atoms with E-state index in [9.17, 15) is 9.90 Å². The highest BCUT2D eigenvalue weighted by Crippen LogP contribution is 2.23. The number of aromatic nitrogens is 1. The molecule has 0 aliphatic rings. The molecule has 24 heavy (non-hydrogen) atoms. The van der Waals surface area contributed by atoms with Gasteiger partial charge in [0, 0.05) is 16.5 Å². The number of hydrogen-bond donors (Lipinski definition) is 2. The molecule has 2 aromatic carbocycles. The van der Waals surface area contributed by atoms with Crippen molar-refractivity contribution in [2.75, 3.05) is 7.11 Å². The number of hydrogen-bond acceptors (Lipinski definition) is 5. The molecule has 0 saturated carbocycles. The third kappa shape index (κ3) is 3.72. The van der Waals surface area contributed by atoms with E-state index in [-0.39, 0.29) is 11.7 Å². The summed E-state index contributed by atoms with van der Waals surface area (Å²) in [6, 6.07) is 13.8. The van der Waals surface area contributed by atoms with Gasteiger partial charge in [-0.15, -0.1) is 11.3 Å². The van der Waals surface area contributed by atoms with Gasteiger partial charge >= 0.3 is 0 Å². The van der Waals surface area contributed by atoms with Crippen LogP contribution in [-0.4, -0.2) is 23.1 Å². The van der Waals surface area contributed by atoms with Crippen LogP contribution in [0.2, 0.25) is 0 Å². The molecule has 0 saturated heterocycles. The summed E-state index contributed by atoms with van der Waals surface area (Å²) in [4.78, 5) is 16.6. The second kappa shape index (κ2) is 7.14. The van der Waals surface area contributed by atoms with Crippen LogP contribution in [0.1, 0.15) is 15.4 Å². The van der Waals surface area contributed by atoms with Gasteiger partial charge in [-0.1, -0.05) is 0 Å². The Balaban J connectivity index is 1.62. The number of rotatable bonds is 5. The first-order valence-corrected chi connectivity index (χ1v) is 8.20. The van der Waals surface area contributed by atoms with Crippen LogP contribution in [0.15, 0.2) is 53.9 Å². The van der Waals surface area contributed by atoms with Crippen molar-refractivity contribution in [1.29, 1.82) is 0 Å². The predicted octanol–water partition coefficient (Wildman–Crippen LogP) is 3.45. The van der Waals surface area contributed by atoms with Gasteiger partial charge in [-0.05, 0) is 48.5 Å². The number of nitrogens with one attached hydrogen (secondary N) is 1. The lowest BCUT2D eigenvalue weighted by molar-refractivity contribution is 0.0951. The molecule has 0 aliphatic heterocycles. The monoisotopic (exact) mass is 340 g/mol. The number of thiazole rings is 1. The van der Waals surface area contributed by atoms with Crippen molar-refractivity contribution in [3.8, 4) is 22.8 Å². The number of nitrogens with zero attached hydrogens (tertiary/aromatic N) is 1. The maximum atomic E-state index is 12.1. The Morgan fingerprint density at radius 2 is 1.88 bits per heavy atom. The third-order valence-electron chi connectivity index (χ3n) is 3.47. The summed E-state index contributed by atoms with van der Waals surface area (Å²) in [5.41, 5.74) is 2.33. The molecule has 0 atom stereocenters. The minimum Gasteiger partial charge on any atom is -0.508 e. The summed E-state index contributed by atoms with van der Waals surface area (Å²) in [5, 5.41) is 14.9. The van der Waals surface area contributed by atoms with Crippen molar-refractivity contribution in [2.24, 2.45) is 0 Å². The Bertz CT molecular complexity index is 826. The van der Waals surface area contributed by atoms with E-state index in [1.807, 2.05) is 17.5 Å². The maximum absolute atomic E-state index is 12.1.